The average Bonchev–Trinajstić information content (AvgIpc) is 2.42. The van der Waals surface area contributed by atoms with Crippen LogP contribution in [-0.4, -0.2) is 12.4 Å². The zero-order valence-corrected chi connectivity index (χ0v) is 11.0. The summed E-state index contributed by atoms with van der Waals surface area (Å²) in [5.74, 6) is 1.83. The fraction of sp³-hybridized carbons (Fsp3) is 0.200. The molecule has 0 saturated carbocycles. The third-order valence-corrected chi connectivity index (χ3v) is 3.58. The van der Waals surface area contributed by atoms with Crippen molar-refractivity contribution in [2.75, 3.05) is 18.1 Å². The lowest BCUT2D eigenvalue weighted by Crippen LogP contribution is -2.01. The molecular formula is C15H17NOS. The van der Waals surface area contributed by atoms with Crippen LogP contribution in [0.1, 0.15) is 6.42 Å². The smallest absolute Gasteiger partial charge is 0.142 e. The molecule has 0 aliphatic rings. The first-order chi connectivity index (χ1) is 8.86. The number of hydrogen-bond acceptors (Lipinski definition) is 3. The van der Waals surface area contributed by atoms with Gasteiger partial charge in [-0.25, -0.2) is 0 Å². The topological polar surface area (TPSA) is 35.2 Å². The molecule has 18 heavy (non-hydrogen) atoms. The molecule has 2 aromatic rings. The second kappa shape index (κ2) is 6.97. The van der Waals surface area contributed by atoms with Crippen molar-refractivity contribution in [1.29, 1.82) is 0 Å². The number of ether oxygens (including phenoxy) is 1. The van der Waals surface area contributed by atoms with Crippen LogP contribution in [0.5, 0.6) is 5.75 Å². The summed E-state index contributed by atoms with van der Waals surface area (Å²) >= 11 is 1.85. The van der Waals surface area contributed by atoms with Crippen LogP contribution in [0.15, 0.2) is 59.5 Å². The molecule has 2 nitrogen and oxygen atoms in total. The highest BCUT2D eigenvalue weighted by atomic mass is 32.2. The molecule has 0 aliphatic carbocycles. The molecule has 3 heteroatoms. The molecular weight excluding hydrogens is 242 g/mol. The molecule has 0 spiro atoms. The van der Waals surface area contributed by atoms with Gasteiger partial charge in [0.2, 0.25) is 0 Å². The predicted octanol–water partition coefficient (Wildman–Crippen LogP) is 3.83. The molecule has 0 heterocycles. The monoisotopic (exact) mass is 259 g/mol. The summed E-state index contributed by atoms with van der Waals surface area (Å²) in [6, 6.07) is 18.0. The highest BCUT2D eigenvalue weighted by molar-refractivity contribution is 7.99. The summed E-state index contributed by atoms with van der Waals surface area (Å²) in [4.78, 5) is 1.30. The Balaban J connectivity index is 1.66. The largest absolute Gasteiger partial charge is 0.491 e. The van der Waals surface area contributed by atoms with Crippen molar-refractivity contribution >= 4 is 17.4 Å². The van der Waals surface area contributed by atoms with Crippen molar-refractivity contribution in [2.24, 2.45) is 0 Å². The Hall–Kier alpha value is -1.61. The van der Waals surface area contributed by atoms with Gasteiger partial charge in [0.25, 0.3) is 0 Å². The van der Waals surface area contributed by atoms with Crippen LogP contribution in [0, 0.1) is 0 Å². The number of hydrogen-bond donors (Lipinski definition) is 1. The van der Waals surface area contributed by atoms with E-state index >= 15 is 0 Å². The number of anilines is 1. The molecule has 0 radical (unpaired) electrons. The van der Waals surface area contributed by atoms with Crippen LogP contribution < -0.4 is 10.5 Å². The highest BCUT2D eigenvalue weighted by Gasteiger charge is 1.98. The molecule has 0 fully saturated rings. The Labute approximate surface area is 112 Å². The van der Waals surface area contributed by atoms with Gasteiger partial charge in [0.05, 0.1) is 12.3 Å². The van der Waals surface area contributed by atoms with E-state index in [1.807, 2.05) is 42.1 Å². The number of rotatable bonds is 6. The highest BCUT2D eigenvalue weighted by Crippen LogP contribution is 2.21. The molecule has 0 aliphatic heterocycles. The fourth-order valence-electron chi connectivity index (χ4n) is 1.56. The maximum Gasteiger partial charge on any atom is 0.142 e. The van der Waals surface area contributed by atoms with Crippen molar-refractivity contribution < 1.29 is 4.74 Å². The second-order valence-corrected chi connectivity index (χ2v) is 5.07. The van der Waals surface area contributed by atoms with E-state index in [1.165, 1.54) is 4.90 Å². The van der Waals surface area contributed by atoms with Gasteiger partial charge in [0, 0.05) is 10.6 Å². The van der Waals surface area contributed by atoms with Gasteiger partial charge in [-0.1, -0.05) is 30.3 Å². The third kappa shape index (κ3) is 4.00. The molecule has 0 saturated heterocycles. The van der Waals surface area contributed by atoms with Gasteiger partial charge in [0.15, 0.2) is 0 Å². The Morgan fingerprint density at radius 3 is 2.44 bits per heavy atom. The number of para-hydroxylation sites is 2. The summed E-state index contributed by atoms with van der Waals surface area (Å²) in [5, 5.41) is 0. The van der Waals surface area contributed by atoms with Crippen LogP contribution in [-0.2, 0) is 0 Å². The minimum absolute atomic E-state index is 0.702. The lowest BCUT2D eigenvalue weighted by Gasteiger charge is -2.08. The van der Waals surface area contributed by atoms with Crippen LogP contribution in [0.4, 0.5) is 5.69 Å². The Morgan fingerprint density at radius 2 is 1.67 bits per heavy atom. The lowest BCUT2D eigenvalue weighted by molar-refractivity contribution is 0.320. The number of nitrogens with two attached hydrogens (primary N) is 1. The summed E-state index contributed by atoms with van der Waals surface area (Å²) in [7, 11) is 0. The normalized spacial score (nSPS) is 10.2. The molecule has 0 unspecified atom stereocenters. The van der Waals surface area contributed by atoms with E-state index in [2.05, 4.69) is 24.3 Å². The Bertz CT molecular complexity index is 473. The standard InChI is InChI=1S/C15H17NOS/c16-14-9-4-5-10-15(14)17-11-6-12-18-13-7-2-1-3-8-13/h1-5,7-10H,6,11-12,16H2. The maximum atomic E-state index is 5.80. The number of benzene rings is 2. The molecule has 0 atom stereocenters. The van der Waals surface area contributed by atoms with Crippen molar-refractivity contribution in [1.82, 2.24) is 0 Å². The van der Waals surface area contributed by atoms with E-state index < -0.39 is 0 Å². The Kier molecular flexibility index (Phi) is 4.97. The van der Waals surface area contributed by atoms with E-state index in [0.29, 0.717) is 12.3 Å². The van der Waals surface area contributed by atoms with Crippen molar-refractivity contribution in [2.45, 2.75) is 11.3 Å². The zero-order valence-electron chi connectivity index (χ0n) is 10.2. The van der Waals surface area contributed by atoms with Crippen LogP contribution >= 0.6 is 11.8 Å². The molecule has 2 N–H and O–H groups in total. The molecule has 94 valence electrons. The summed E-state index contributed by atoms with van der Waals surface area (Å²) in [6.07, 6.45) is 1.01. The summed E-state index contributed by atoms with van der Waals surface area (Å²) < 4.78 is 5.64. The van der Waals surface area contributed by atoms with Crippen LogP contribution in [0.3, 0.4) is 0 Å². The fourth-order valence-corrected chi connectivity index (χ4v) is 2.41. The first kappa shape index (κ1) is 12.8. The molecule has 0 aromatic heterocycles. The van der Waals surface area contributed by atoms with E-state index in [0.717, 1.165) is 17.9 Å². The van der Waals surface area contributed by atoms with Crippen molar-refractivity contribution in [3.05, 3.63) is 54.6 Å². The average molecular weight is 259 g/mol. The van der Waals surface area contributed by atoms with Gasteiger partial charge in [0.1, 0.15) is 5.75 Å². The van der Waals surface area contributed by atoms with Crippen LogP contribution in [0.2, 0.25) is 0 Å². The minimum atomic E-state index is 0.702. The van der Waals surface area contributed by atoms with Crippen LogP contribution in [0.25, 0.3) is 0 Å². The van der Waals surface area contributed by atoms with Gasteiger partial charge in [-0.05, 0) is 30.7 Å². The van der Waals surface area contributed by atoms with Gasteiger partial charge < -0.3 is 10.5 Å². The van der Waals surface area contributed by atoms with Gasteiger partial charge >= 0.3 is 0 Å². The first-order valence-corrected chi connectivity index (χ1v) is 7.00. The van der Waals surface area contributed by atoms with E-state index in [9.17, 15) is 0 Å². The SMILES string of the molecule is Nc1ccccc1OCCCSc1ccccc1. The third-order valence-electron chi connectivity index (χ3n) is 2.48. The molecule has 2 aromatic carbocycles. The van der Waals surface area contributed by atoms with Gasteiger partial charge in [-0.15, -0.1) is 11.8 Å². The van der Waals surface area contributed by atoms with Crippen molar-refractivity contribution in [3.8, 4) is 5.75 Å². The first-order valence-electron chi connectivity index (χ1n) is 6.01. The molecule has 2 rings (SSSR count). The van der Waals surface area contributed by atoms with E-state index in [1.54, 1.807) is 0 Å². The van der Waals surface area contributed by atoms with E-state index in [-0.39, 0.29) is 0 Å². The molecule has 0 amide bonds. The van der Waals surface area contributed by atoms with Gasteiger partial charge in [-0.3, -0.25) is 0 Å². The number of nitrogen functional groups attached to an aromatic ring is 1. The summed E-state index contributed by atoms with van der Waals surface area (Å²) in [6.45, 7) is 0.702. The lowest BCUT2D eigenvalue weighted by atomic mass is 10.3. The predicted molar refractivity (Wildman–Crippen MR) is 78.1 cm³/mol. The minimum Gasteiger partial charge on any atom is -0.491 e. The Morgan fingerprint density at radius 1 is 0.944 bits per heavy atom. The maximum absolute atomic E-state index is 5.80. The van der Waals surface area contributed by atoms with Gasteiger partial charge in [-0.2, -0.15) is 0 Å². The van der Waals surface area contributed by atoms with Crippen molar-refractivity contribution in [3.63, 3.8) is 0 Å². The number of thioether (sulfide) groups is 1. The summed E-state index contributed by atoms with van der Waals surface area (Å²) in [5.41, 5.74) is 6.50. The second-order valence-electron chi connectivity index (χ2n) is 3.90. The molecule has 0 bridgehead atoms. The zero-order chi connectivity index (χ0) is 12.6. The quantitative estimate of drug-likeness (QED) is 0.486. The van der Waals surface area contributed by atoms with E-state index in [4.69, 9.17) is 10.5 Å².